The second kappa shape index (κ2) is 8.07. The van der Waals surface area contributed by atoms with Crippen LogP contribution in [0.2, 0.25) is 5.02 Å². The predicted octanol–water partition coefficient (Wildman–Crippen LogP) is 2.43. The van der Waals surface area contributed by atoms with Crippen LogP contribution in [0.15, 0.2) is 46.4 Å². The molecule has 0 spiro atoms. The van der Waals surface area contributed by atoms with Crippen LogP contribution in [0.3, 0.4) is 0 Å². The van der Waals surface area contributed by atoms with Gasteiger partial charge >= 0.3 is 16.1 Å². The third-order valence-electron chi connectivity index (χ3n) is 3.14. The molecular formula is C16H16ClN3O5S. The van der Waals surface area contributed by atoms with E-state index in [9.17, 15) is 13.2 Å². The van der Waals surface area contributed by atoms with Crippen molar-refractivity contribution in [3.05, 3.63) is 52.5 Å². The zero-order valence-electron chi connectivity index (χ0n) is 13.9. The van der Waals surface area contributed by atoms with Crippen LogP contribution in [0.25, 0.3) is 0 Å². The van der Waals surface area contributed by atoms with E-state index in [0.29, 0.717) is 5.56 Å². The number of carbonyl (C=O) groups is 1. The number of urea groups is 1. The average Bonchev–Trinajstić information content (AvgIpc) is 2.57. The standard InChI is InChI=1S/C16H16ClN3O5S/c1-10-3-5-12(6-4-10)26(22,23)25-15-13(17)7-11(8-14(15)24-2)9-19-20-16(18)21/h3-9H,1-2H3,(H3,18,20,21). The number of rotatable bonds is 6. The second-order valence-electron chi connectivity index (χ2n) is 5.12. The molecule has 0 heterocycles. The number of primary amides is 1. The normalized spacial score (nSPS) is 11.3. The first-order valence-electron chi connectivity index (χ1n) is 7.20. The van der Waals surface area contributed by atoms with Gasteiger partial charge in [-0.05, 0) is 36.8 Å². The largest absolute Gasteiger partial charge is 0.493 e. The Hall–Kier alpha value is -2.78. The molecule has 2 rings (SSSR count). The lowest BCUT2D eigenvalue weighted by atomic mass is 10.2. The van der Waals surface area contributed by atoms with Gasteiger partial charge in [-0.1, -0.05) is 29.3 Å². The molecule has 0 unspecified atom stereocenters. The highest BCUT2D eigenvalue weighted by molar-refractivity contribution is 7.87. The Morgan fingerprint density at radius 1 is 1.27 bits per heavy atom. The number of carbonyl (C=O) groups excluding carboxylic acids is 1. The highest BCUT2D eigenvalue weighted by Crippen LogP contribution is 2.38. The van der Waals surface area contributed by atoms with Crippen LogP contribution in [0.1, 0.15) is 11.1 Å². The van der Waals surface area contributed by atoms with Gasteiger partial charge in [-0.15, -0.1) is 0 Å². The summed E-state index contributed by atoms with van der Waals surface area (Å²) >= 11 is 6.13. The Kier molecular flexibility index (Phi) is 6.06. The molecule has 138 valence electrons. The molecule has 0 aliphatic rings. The minimum atomic E-state index is -4.10. The van der Waals surface area contributed by atoms with E-state index in [1.165, 1.54) is 37.6 Å². The Morgan fingerprint density at radius 3 is 2.50 bits per heavy atom. The highest BCUT2D eigenvalue weighted by atomic mass is 35.5. The van der Waals surface area contributed by atoms with Crippen LogP contribution >= 0.6 is 11.6 Å². The van der Waals surface area contributed by atoms with Crippen LogP contribution in [-0.2, 0) is 10.1 Å². The average molecular weight is 398 g/mol. The number of hydrazone groups is 1. The summed E-state index contributed by atoms with van der Waals surface area (Å²) in [6.45, 7) is 1.84. The number of halogens is 1. The Bertz CT molecular complexity index is 943. The third-order valence-corrected chi connectivity index (χ3v) is 4.66. The van der Waals surface area contributed by atoms with Crippen LogP contribution < -0.4 is 20.1 Å². The molecule has 0 radical (unpaired) electrons. The molecule has 0 aromatic heterocycles. The van der Waals surface area contributed by atoms with Crippen molar-refractivity contribution in [1.29, 1.82) is 0 Å². The van der Waals surface area contributed by atoms with Gasteiger partial charge in [0, 0.05) is 0 Å². The smallest absolute Gasteiger partial charge is 0.339 e. The van der Waals surface area contributed by atoms with Gasteiger partial charge < -0.3 is 14.7 Å². The molecule has 0 bridgehead atoms. The number of nitrogens with zero attached hydrogens (tertiary/aromatic N) is 1. The summed E-state index contributed by atoms with van der Waals surface area (Å²) in [5.74, 6) is -0.0801. The van der Waals surface area contributed by atoms with Crippen molar-refractivity contribution in [3.8, 4) is 11.5 Å². The lowest BCUT2D eigenvalue weighted by Crippen LogP contribution is -2.24. The van der Waals surface area contributed by atoms with Gasteiger partial charge in [-0.3, -0.25) is 0 Å². The summed E-state index contributed by atoms with van der Waals surface area (Å²) < 4.78 is 35.2. The zero-order chi connectivity index (χ0) is 19.3. The SMILES string of the molecule is COc1cc(C=NNC(N)=O)cc(Cl)c1OS(=O)(=O)c1ccc(C)cc1. The van der Waals surface area contributed by atoms with Gasteiger partial charge in [0.2, 0.25) is 5.75 Å². The quantitative estimate of drug-likeness (QED) is 0.440. The third kappa shape index (κ3) is 4.87. The maximum atomic E-state index is 12.4. The lowest BCUT2D eigenvalue weighted by molar-refractivity contribution is 0.249. The lowest BCUT2D eigenvalue weighted by Gasteiger charge is -2.13. The minimum absolute atomic E-state index is 0.0134. The van der Waals surface area contributed by atoms with E-state index in [0.717, 1.165) is 5.56 Å². The molecule has 2 aromatic rings. The summed E-state index contributed by atoms with van der Waals surface area (Å²) in [5, 5.41) is 3.58. The number of hydrogen-bond acceptors (Lipinski definition) is 6. The molecule has 10 heteroatoms. The Labute approximate surface area is 155 Å². The van der Waals surface area contributed by atoms with Gasteiger partial charge in [0.1, 0.15) is 4.90 Å². The molecular weight excluding hydrogens is 382 g/mol. The fourth-order valence-electron chi connectivity index (χ4n) is 1.93. The summed E-state index contributed by atoms with van der Waals surface area (Å²) in [6, 6.07) is 8.18. The second-order valence-corrected chi connectivity index (χ2v) is 7.07. The van der Waals surface area contributed by atoms with Crippen molar-refractivity contribution in [3.63, 3.8) is 0 Å². The summed E-state index contributed by atoms with van der Waals surface area (Å²) in [6.07, 6.45) is 1.26. The summed E-state index contributed by atoms with van der Waals surface area (Å²) in [7, 11) is -2.76. The molecule has 0 saturated carbocycles. The maximum absolute atomic E-state index is 12.4. The molecule has 0 atom stereocenters. The van der Waals surface area contributed by atoms with Gasteiger partial charge in [0.15, 0.2) is 5.75 Å². The van der Waals surface area contributed by atoms with Crippen molar-refractivity contribution in [2.45, 2.75) is 11.8 Å². The number of benzene rings is 2. The first-order valence-corrected chi connectivity index (χ1v) is 8.99. The van der Waals surface area contributed by atoms with Gasteiger partial charge in [-0.2, -0.15) is 13.5 Å². The van der Waals surface area contributed by atoms with E-state index in [-0.39, 0.29) is 21.4 Å². The summed E-state index contributed by atoms with van der Waals surface area (Å²) in [4.78, 5) is 10.6. The molecule has 0 saturated heterocycles. The molecule has 2 amide bonds. The molecule has 0 fully saturated rings. The topological polar surface area (TPSA) is 120 Å². The molecule has 0 aliphatic heterocycles. The van der Waals surface area contributed by atoms with Crippen molar-refractivity contribution < 1.29 is 22.1 Å². The van der Waals surface area contributed by atoms with E-state index >= 15 is 0 Å². The van der Waals surface area contributed by atoms with Crippen molar-refractivity contribution >= 4 is 34.0 Å². The van der Waals surface area contributed by atoms with Crippen LogP contribution in [-0.4, -0.2) is 27.8 Å². The van der Waals surface area contributed by atoms with Crippen molar-refractivity contribution in [2.75, 3.05) is 7.11 Å². The number of methoxy groups -OCH3 is 1. The van der Waals surface area contributed by atoms with Crippen LogP contribution in [0.4, 0.5) is 4.79 Å². The predicted molar refractivity (Wildman–Crippen MR) is 97.3 cm³/mol. The number of nitrogens with one attached hydrogen (secondary N) is 1. The fourth-order valence-corrected chi connectivity index (χ4v) is 3.19. The molecule has 8 nitrogen and oxygen atoms in total. The first-order chi connectivity index (χ1) is 12.2. The van der Waals surface area contributed by atoms with E-state index in [1.807, 2.05) is 12.3 Å². The van der Waals surface area contributed by atoms with Gasteiger partial charge in [0.05, 0.1) is 18.3 Å². The van der Waals surface area contributed by atoms with E-state index in [2.05, 4.69) is 5.10 Å². The van der Waals surface area contributed by atoms with Crippen LogP contribution in [0, 0.1) is 6.92 Å². The maximum Gasteiger partial charge on any atom is 0.339 e. The first kappa shape index (κ1) is 19.5. The van der Waals surface area contributed by atoms with Crippen molar-refractivity contribution in [1.82, 2.24) is 5.43 Å². The van der Waals surface area contributed by atoms with E-state index in [1.54, 1.807) is 12.1 Å². The van der Waals surface area contributed by atoms with Crippen LogP contribution in [0.5, 0.6) is 11.5 Å². The van der Waals surface area contributed by atoms with E-state index in [4.69, 9.17) is 26.3 Å². The monoisotopic (exact) mass is 397 g/mol. The number of amides is 2. The Balaban J connectivity index is 2.35. The van der Waals surface area contributed by atoms with Gasteiger partial charge in [-0.25, -0.2) is 10.2 Å². The fraction of sp³-hybridized carbons (Fsp3) is 0.125. The molecule has 26 heavy (non-hydrogen) atoms. The number of aryl methyl sites for hydroxylation is 1. The van der Waals surface area contributed by atoms with Gasteiger partial charge in [0.25, 0.3) is 0 Å². The molecule has 2 aromatic carbocycles. The minimum Gasteiger partial charge on any atom is -0.493 e. The molecule has 3 N–H and O–H groups in total. The number of nitrogens with two attached hydrogens (primary N) is 1. The molecule has 0 aliphatic carbocycles. The number of ether oxygens (including phenoxy) is 1. The summed E-state index contributed by atoms with van der Waals surface area (Å²) in [5.41, 5.74) is 8.27. The van der Waals surface area contributed by atoms with E-state index < -0.39 is 16.1 Å². The van der Waals surface area contributed by atoms with Crippen molar-refractivity contribution in [2.24, 2.45) is 10.8 Å². The highest BCUT2D eigenvalue weighted by Gasteiger charge is 2.22. The Morgan fingerprint density at radius 2 is 1.92 bits per heavy atom. The zero-order valence-corrected chi connectivity index (χ0v) is 15.5. The number of hydrogen-bond donors (Lipinski definition) is 2.